The molecule has 1 aromatic heterocycles. The molecule has 20 heavy (non-hydrogen) atoms. The van der Waals surface area contributed by atoms with E-state index in [2.05, 4.69) is 70.5 Å². The van der Waals surface area contributed by atoms with Crippen LogP contribution in [0.2, 0.25) is 0 Å². The molecule has 2 rings (SSSR count). The molecule has 1 heterocycles. The third-order valence-electron chi connectivity index (χ3n) is 3.19. The summed E-state index contributed by atoms with van der Waals surface area (Å²) in [5.74, 6) is 0.995. The summed E-state index contributed by atoms with van der Waals surface area (Å²) >= 11 is 4.11. The molecule has 0 saturated heterocycles. The van der Waals surface area contributed by atoms with Gasteiger partial charge in [-0.15, -0.1) is 11.3 Å². The Balaban J connectivity index is 2.17. The molecule has 1 N–H and O–H groups in total. The second-order valence-electron chi connectivity index (χ2n) is 4.69. The molecule has 0 amide bonds. The number of ether oxygens (including phenoxy) is 1. The minimum Gasteiger partial charge on any atom is -0.496 e. The molecule has 0 saturated carbocycles. The van der Waals surface area contributed by atoms with Crippen LogP contribution < -0.4 is 10.1 Å². The Morgan fingerprint density at radius 1 is 1.25 bits per heavy atom. The molecule has 0 aliphatic heterocycles. The van der Waals surface area contributed by atoms with E-state index in [1.54, 1.807) is 18.4 Å². The van der Waals surface area contributed by atoms with Crippen molar-refractivity contribution >= 4 is 33.9 Å². The second-order valence-corrected chi connectivity index (χ2v) is 6.88. The summed E-state index contributed by atoms with van der Waals surface area (Å²) in [7, 11) is 1.74. The fourth-order valence-electron chi connectivity index (χ4n) is 2.16. The fourth-order valence-corrected chi connectivity index (χ4v) is 3.46. The SMILES string of the molecule is CCCNC(Cc1ccc(I)cc1)c1sccc1OC. The molecule has 0 fully saturated rings. The van der Waals surface area contributed by atoms with Crippen LogP contribution in [0.25, 0.3) is 0 Å². The predicted octanol–water partition coefficient (Wildman–Crippen LogP) is 4.64. The van der Waals surface area contributed by atoms with E-state index >= 15 is 0 Å². The smallest absolute Gasteiger partial charge is 0.134 e. The van der Waals surface area contributed by atoms with Crippen LogP contribution in [0.4, 0.5) is 0 Å². The number of methoxy groups -OCH3 is 1. The van der Waals surface area contributed by atoms with Crippen molar-refractivity contribution in [1.82, 2.24) is 5.32 Å². The van der Waals surface area contributed by atoms with Gasteiger partial charge in [-0.25, -0.2) is 0 Å². The minimum atomic E-state index is 0.324. The quantitative estimate of drug-likeness (QED) is 0.683. The number of hydrogen-bond acceptors (Lipinski definition) is 3. The Morgan fingerprint density at radius 3 is 2.65 bits per heavy atom. The summed E-state index contributed by atoms with van der Waals surface area (Å²) in [6, 6.07) is 11.1. The van der Waals surface area contributed by atoms with Crippen molar-refractivity contribution in [2.24, 2.45) is 0 Å². The number of thiophene rings is 1. The maximum atomic E-state index is 5.47. The number of hydrogen-bond donors (Lipinski definition) is 1. The van der Waals surface area contributed by atoms with E-state index in [0.717, 1.165) is 25.1 Å². The van der Waals surface area contributed by atoms with E-state index in [9.17, 15) is 0 Å². The Bertz CT molecular complexity index is 524. The Labute approximate surface area is 138 Å². The van der Waals surface area contributed by atoms with Crippen LogP contribution >= 0.6 is 33.9 Å². The molecule has 0 radical (unpaired) electrons. The van der Waals surface area contributed by atoms with Gasteiger partial charge in [-0.1, -0.05) is 19.1 Å². The van der Waals surface area contributed by atoms with E-state index in [-0.39, 0.29) is 0 Å². The van der Waals surface area contributed by atoms with Crippen molar-refractivity contribution in [2.75, 3.05) is 13.7 Å². The highest BCUT2D eigenvalue weighted by Gasteiger charge is 2.17. The third kappa shape index (κ3) is 4.20. The molecule has 0 aliphatic carbocycles. The van der Waals surface area contributed by atoms with Crippen molar-refractivity contribution in [2.45, 2.75) is 25.8 Å². The minimum absolute atomic E-state index is 0.324. The molecule has 1 unspecified atom stereocenters. The van der Waals surface area contributed by atoms with Crippen LogP contribution in [0.1, 0.15) is 29.8 Å². The van der Waals surface area contributed by atoms with Gasteiger partial charge in [0.15, 0.2) is 0 Å². The Hall–Kier alpha value is -0.590. The van der Waals surface area contributed by atoms with Crippen LogP contribution in [0, 0.1) is 3.57 Å². The molecule has 0 aliphatic rings. The summed E-state index contributed by atoms with van der Waals surface area (Å²) < 4.78 is 6.75. The molecule has 108 valence electrons. The molecule has 0 spiro atoms. The Morgan fingerprint density at radius 2 is 2.00 bits per heavy atom. The number of rotatable bonds is 7. The number of nitrogens with one attached hydrogen (secondary N) is 1. The lowest BCUT2D eigenvalue weighted by molar-refractivity contribution is 0.402. The van der Waals surface area contributed by atoms with Crippen molar-refractivity contribution < 1.29 is 4.74 Å². The van der Waals surface area contributed by atoms with Gasteiger partial charge in [-0.05, 0) is 71.1 Å². The summed E-state index contributed by atoms with van der Waals surface area (Å²) in [4.78, 5) is 1.29. The van der Waals surface area contributed by atoms with Crippen LogP contribution in [-0.4, -0.2) is 13.7 Å². The first-order valence-corrected chi connectivity index (χ1v) is 8.79. The standard InChI is InChI=1S/C16H20INOS/c1-3-9-18-14(16-15(19-2)8-10-20-16)11-12-4-6-13(17)7-5-12/h4-8,10,14,18H,3,9,11H2,1-2H3. The number of benzene rings is 1. The van der Waals surface area contributed by atoms with Gasteiger partial charge in [0.2, 0.25) is 0 Å². The van der Waals surface area contributed by atoms with E-state index in [1.165, 1.54) is 14.0 Å². The first kappa shape index (κ1) is 15.8. The van der Waals surface area contributed by atoms with E-state index in [4.69, 9.17) is 4.74 Å². The van der Waals surface area contributed by atoms with Crippen molar-refractivity contribution in [3.8, 4) is 5.75 Å². The lowest BCUT2D eigenvalue weighted by Crippen LogP contribution is -2.23. The molecule has 4 heteroatoms. The van der Waals surface area contributed by atoms with Crippen LogP contribution in [-0.2, 0) is 6.42 Å². The van der Waals surface area contributed by atoms with Gasteiger partial charge < -0.3 is 10.1 Å². The van der Waals surface area contributed by atoms with Crippen molar-refractivity contribution in [1.29, 1.82) is 0 Å². The zero-order chi connectivity index (χ0) is 14.4. The van der Waals surface area contributed by atoms with E-state index in [1.807, 2.05) is 0 Å². The van der Waals surface area contributed by atoms with Gasteiger partial charge in [-0.3, -0.25) is 0 Å². The summed E-state index contributed by atoms with van der Waals surface area (Å²) in [5.41, 5.74) is 1.36. The molecule has 0 bridgehead atoms. The largest absolute Gasteiger partial charge is 0.496 e. The summed E-state index contributed by atoms with van der Waals surface area (Å²) in [5, 5.41) is 5.74. The topological polar surface area (TPSA) is 21.3 Å². The number of halogens is 1. The third-order valence-corrected chi connectivity index (χ3v) is 4.92. The molecular weight excluding hydrogens is 381 g/mol. The van der Waals surface area contributed by atoms with E-state index < -0.39 is 0 Å². The van der Waals surface area contributed by atoms with E-state index in [0.29, 0.717) is 6.04 Å². The first-order chi connectivity index (χ1) is 9.74. The monoisotopic (exact) mass is 401 g/mol. The van der Waals surface area contributed by atoms with Crippen LogP contribution in [0.5, 0.6) is 5.75 Å². The maximum Gasteiger partial charge on any atom is 0.134 e. The first-order valence-electron chi connectivity index (χ1n) is 6.83. The van der Waals surface area contributed by atoms with Crippen LogP contribution in [0.3, 0.4) is 0 Å². The van der Waals surface area contributed by atoms with Gasteiger partial charge >= 0.3 is 0 Å². The van der Waals surface area contributed by atoms with Gasteiger partial charge in [0.05, 0.1) is 12.0 Å². The fraction of sp³-hybridized carbons (Fsp3) is 0.375. The summed E-state index contributed by atoms with van der Waals surface area (Å²) in [6.07, 6.45) is 2.13. The van der Waals surface area contributed by atoms with Gasteiger partial charge in [0.1, 0.15) is 5.75 Å². The highest BCUT2D eigenvalue weighted by molar-refractivity contribution is 14.1. The van der Waals surface area contributed by atoms with Crippen LogP contribution in [0.15, 0.2) is 35.7 Å². The molecule has 2 nitrogen and oxygen atoms in total. The Kier molecular flexibility index (Phi) is 6.32. The highest BCUT2D eigenvalue weighted by Crippen LogP contribution is 2.32. The predicted molar refractivity (Wildman–Crippen MR) is 94.8 cm³/mol. The molecule has 2 aromatic rings. The molecular formula is C16H20INOS. The lowest BCUT2D eigenvalue weighted by atomic mass is 10.0. The van der Waals surface area contributed by atoms with Gasteiger partial charge in [-0.2, -0.15) is 0 Å². The van der Waals surface area contributed by atoms with Crippen molar-refractivity contribution in [3.63, 3.8) is 0 Å². The highest BCUT2D eigenvalue weighted by atomic mass is 127. The van der Waals surface area contributed by atoms with Crippen molar-refractivity contribution in [3.05, 3.63) is 49.7 Å². The average Bonchev–Trinajstić information content (AvgIpc) is 2.94. The zero-order valence-corrected chi connectivity index (χ0v) is 14.8. The zero-order valence-electron chi connectivity index (χ0n) is 11.9. The second kappa shape index (κ2) is 8.00. The molecule has 1 aromatic carbocycles. The summed E-state index contributed by atoms with van der Waals surface area (Å²) in [6.45, 7) is 3.22. The van der Waals surface area contributed by atoms with Gasteiger partial charge in [0, 0.05) is 9.61 Å². The lowest BCUT2D eigenvalue weighted by Gasteiger charge is -2.19. The normalized spacial score (nSPS) is 12.3. The van der Waals surface area contributed by atoms with Gasteiger partial charge in [0.25, 0.3) is 0 Å². The maximum absolute atomic E-state index is 5.47. The average molecular weight is 401 g/mol. The molecule has 1 atom stereocenters.